The first-order valence-electron chi connectivity index (χ1n) is 3.51. The van der Waals surface area contributed by atoms with Crippen LogP contribution in [0.1, 0.15) is 0 Å². The molecule has 72 valence electrons. The fourth-order valence-electron chi connectivity index (χ4n) is 0.809. The molecule has 0 heterocycles. The van der Waals surface area contributed by atoms with E-state index in [1.165, 1.54) is 14.2 Å². The number of aliphatic hydroxyl groups is 2. The van der Waals surface area contributed by atoms with E-state index in [0.717, 1.165) is 0 Å². The second-order valence-electron chi connectivity index (χ2n) is 2.28. The lowest BCUT2D eigenvalue weighted by Crippen LogP contribution is -2.42. The molecule has 0 aromatic carbocycles. The van der Waals surface area contributed by atoms with Crippen LogP contribution in [0.15, 0.2) is 0 Å². The normalized spacial score (nSPS) is 18.3. The number of carbonyl (C=O) groups excluding carboxylic acids is 1. The third kappa shape index (κ3) is 2.86. The van der Waals surface area contributed by atoms with Crippen LogP contribution in [-0.4, -0.2) is 55.6 Å². The Bertz CT molecular complexity index is 123. The van der Waals surface area contributed by atoms with Crippen LogP contribution in [0.3, 0.4) is 0 Å². The van der Waals surface area contributed by atoms with Gasteiger partial charge in [-0.1, -0.05) is 0 Å². The van der Waals surface area contributed by atoms with E-state index in [0.29, 0.717) is 6.29 Å². The Hall–Kier alpha value is -0.490. The molecular weight excluding hydrogens is 164 g/mol. The van der Waals surface area contributed by atoms with E-state index >= 15 is 0 Å². The van der Waals surface area contributed by atoms with Crippen molar-refractivity contribution in [3.05, 3.63) is 0 Å². The van der Waals surface area contributed by atoms with Gasteiger partial charge in [0.2, 0.25) is 0 Å². The maximum Gasteiger partial charge on any atom is 0.151 e. The number of aldehydes is 1. The highest BCUT2D eigenvalue weighted by Gasteiger charge is 2.26. The molecule has 0 spiro atoms. The monoisotopic (exact) mass is 178 g/mol. The largest absolute Gasteiger partial charge is 0.394 e. The molecular formula is C7H14O5. The van der Waals surface area contributed by atoms with Crippen molar-refractivity contribution < 1.29 is 24.5 Å². The van der Waals surface area contributed by atoms with E-state index in [2.05, 4.69) is 4.74 Å². The smallest absolute Gasteiger partial charge is 0.151 e. The number of methoxy groups -OCH3 is 2. The van der Waals surface area contributed by atoms with E-state index in [1.54, 1.807) is 0 Å². The predicted molar refractivity (Wildman–Crippen MR) is 40.8 cm³/mol. The number of hydrogen-bond donors (Lipinski definition) is 2. The average Bonchev–Trinajstić information content (AvgIpc) is 2.09. The number of rotatable bonds is 6. The van der Waals surface area contributed by atoms with Gasteiger partial charge >= 0.3 is 0 Å². The zero-order valence-corrected chi connectivity index (χ0v) is 7.14. The van der Waals surface area contributed by atoms with Gasteiger partial charge in [-0.25, -0.2) is 0 Å². The maximum absolute atomic E-state index is 10.3. The minimum absolute atomic E-state index is 0.356. The molecule has 0 aromatic rings. The molecule has 0 fully saturated rings. The highest BCUT2D eigenvalue weighted by Crippen LogP contribution is 2.04. The Morgan fingerprint density at radius 1 is 1.42 bits per heavy atom. The van der Waals surface area contributed by atoms with E-state index in [4.69, 9.17) is 9.84 Å². The number of aliphatic hydroxyl groups excluding tert-OH is 2. The Morgan fingerprint density at radius 2 is 2.00 bits per heavy atom. The summed E-state index contributed by atoms with van der Waals surface area (Å²) in [5.74, 6) is 0. The summed E-state index contributed by atoms with van der Waals surface area (Å²) in [5.41, 5.74) is 0. The van der Waals surface area contributed by atoms with Gasteiger partial charge in [0.1, 0.15) is 18.3 Å². The molecule has 0 aliphatic heterocycles. The van der Waals surface area contributed by atoms with Crippen molar-refractivity contribution >= 4 is 6.29 Å². The summed E-state index contributed by atoms with van der Waals surface area (Å²) in [6.45, 7) is -0.356. The summed E-state index contributed by atoms with van der Waals surface area (Å²) in [6, 6.07) is 0. The summed E-state index contributed by atoms with van der Waals surface area (Å²) in [4.78, 5) is 10.3. The average molecular weight is 178 g/mol. The van der Waals surface area contributed by atoms with Crippen molar-refractivity contribution in [1.82, 2.24) is 0 Å². The van der Waals surface area contributed by atoms with Crippen molar-refractivity contribution in [2.75, 3.05) is 20.8 Å². The molecule has 0 radical (unpaired) electrons. The summed E-state index contributed by atoms with van der Waals surface area (Å²) in [6.07, 6.45) is -2.42. The molecule has 0 amide bonds. The molecule has 12 heavy (non-hydrogen) atoms. The maximum atomic E-state index is 10.3. The zero-order chi connectivity index (χ0) is 9.56. The number of ether oxygens (including phenoxy) is 2. The second-order valence-corrected chi connectivity index (χ2v) is 2.28. The third-order valence-electron chi connectivity index (χ3n) is 1.61. The van der Waals surface area contributed by atoms with Gasteiger partial charge in [-0.15, -0.1) is 0 Å². The third-order valence-corrected chi connectivity index (χ3v) is 1.61. The highest BCUT2D eigenvalue weighted by molar-refractivity contribution is 5.57. The minimum Gasteiger partial charge on any atom is -0.394 e. The van der Waals surface area contributed by atoms with E-state index in [1.807, 2.05) is 0 Å². The minimum atomic E-state index is -1.14. The van der Waals surface area contributed by atoms with Gasteiger partial charge in [-0.3, -0.25) is 0 Å². The van der Waals surface area contributed by atoms with Crippen molar-refractivity contribution in [3.63, 3.8) is 0 Å². The van der Waals surface area contributed by atoms with Gasteiger partial charge in [0.25, 0.3) is 0 Å². The molecule has 3 atom stereocenters. The summed E-state index contributed by atoms with van der Waals surface area (Å²) in [7, 11) is 2.63. The molecule has 0 saturated carbocycles. The number of carbonyl (C=O) groups is 1. The molecule has 2 N–H and O–H groups in total. The highest BCUT2D eigenvalue weighted by atomic mass is 16.5. The fraction of sp³-hybridized carbons (Fsp3) is 0.857. The summed E-state index contributed by atoms with van der Waals surface area (Å²) in [5, 5.41) is 18.0. The van der Waals surface area contributed by atoms with Crippen molar-refractivity contribution in [2.24, 2.45) is 0 Å². The van der Waals surface area contributed by atoms with Gasteiger partial charge in [0, 0.05) is 14.2 Å². The van der Waals surface area contributed by atoms with Crippen LogP contribution in [0.25, 0.3) is 0 Å². The SMILES string of the molecule is CO[C@H](C=O)[C@H](O)[C@@H](CO)OC. The molecule has 0 aliphatic carbocycles. The van der Waals surface area contributed by atoms with Gasteiger partial charge < -0.3 is 24.5 Å². The van der Waals surface area contributed by atoms with E-state index < -0.39 is 18.3 Å². The van der Waals surface area contributed by atoms with Crippen LogP contribution in [0.4, 0.5) is 0 Å². The lowest BCUT2D eigenvalue weighted by Gasteiger charge is -2.22. The summed E-state index contributed by atoms with van der Waals surface area (Å²) >= 11 is 0. The van der Waals surface area contributed by atoms with Crippen molar-refractivity contribution in [1.29, 1.82) is 0 Å². The summed E-state index contributed by atoms with van der Waals surface area (Å²) < 4.78 is 9.34. The van der Waals surface area contributed by atoms with Crippen molar-refractivity contribution in [2.45, 2.75) is 18.3 Å². The molecule has 0 rings (SSSR count). The molecule has 5 nitrogen and oxygen atoms in total. The molecule has 0 saturated heterocycles. The molecule has 0 bridgehead atoms. The first-order chi connectivity index (χ1) is 5.71. The van der Waals surface area contributed by atoms with Gasteiger partial charge in [-0.05, 0) is 0 Å². The van der Waals surface area contributed by atoms with Crippen LogP contribution in [0, 0.1) is 0 Å². The van der Waals surface area contributed by atoms with Crippen LogP contribution < -0.4 is 0 Å². The Kier molecular flexibility index (Phi) is 5.83. The zero-order valence-electron chi connectivity index (χ0n) is 7.14. The lowest BCUT2D eigenvalue weighted by molar-refractivity contribution is -0.134. The van der Waals surface area contributed by atoms with Crippen LogP contribution in [-0.2, 0) is 14.3 Å². The van der Waals surface area contributed by atoms with E-state index in [9.17, 15) is 9.90 Å². The van der Waals surface area contributed by atoms with Gasteiger partial charge in [0.15, 0.2) is 6.29 Å². The fourth-order valence-corrected chi connectivity index (χ4v) is 0.809. The first-order valence-corrected chi connectivity index (χ1v) is 3.51. The first kappa shape index (κ1) is 11.5. The molecule has 0 aliphatic rings. The van der Waals surface area contributed by atoms with Crippen LogP contribution >= 0.6 is 0 Å². The van der Waals surface area contributed by atoms with Crippen LogP contribution in [0.2, 0.25) is 0 Å². The predicted octanol–water partition coefficient (Wildman–Crippen LogP) is -1.43. The molecule has 0 unspecified atom stereocenters. The second kappa shape index (κ2) is 6.07. The molecule has 5 heteroatoms. The topological polar surface area (TPSA) is 76.0 Å². The van der Waals surface area contributed by atoms with Gasteiger partial charge in [-0.2, -0.15) is 0 Å². The van der Waals surface area contributed by atoms with Crippen LogP contribution in [0.5, 0.6) is 0 Å². The number of hydrogen-bond acceptors (Lipinski definition) is 5. The van der Waals surface area contributed by atoms with Gasteiger partial charge in [0.05, 0.1) is 6.61 Å². The Morgan fingerprint density at radius 3 is 2.25 bits per heavy atom. The Labute approximate surface area is 70.9 Å². The molecule has 0 aromatic heterocycles. The quantitative estimate of drug-likeness (QED) is 0.488. The standard InChI is InChI=1S/C7H14O5/c1-11-5(3-8)7(10)6(4-9)12-2/h3,5-7,9-10H,4H2,1-2H3/t5-,6-,7+/m1/s1. The van der Waals surface area contributed by atoms with E-state index in [-0.39, 0.29) is 6.61 Å². The Balaban J connectivity index is 4.11. The van der Waals surface area contributed by atoms with Crippen molar-refractivity contribution in [3.8, 4) is 0 Å². The lowest BCUT2D eigenvalue weighted by atomic mass is 10.1.